The van der Waals surface area contributed by atoms with Crippen LogP contribution in [-0.4, -0.2) is 27.1 Å². The first-order valence-electron chi connectivity index (χ1n) is 6.90. The first-order chi connectivity index (χ1) is 11.1. The molecule has 2 aromatic heterocycles. The fraction of sp³-hybridized carbons (Fsp3) is 0.0588. The number of carbonyl (C=O) groups is 2. The maximum absolute atomic E-state index is 11.2. The minimum absolute atomic E-state index is 0.310. The summed E-state index contributed by atoms with van der Waals surface area (Å²) < 4.78 is 0. The van der Waals surface area contributed by atoms with Gasteiger partial charge in [-0.25, -0.2) is 19.6 Å². The van der Waals surface area contributed by atoms with Crippen LogP contribution in [-0.2, 0) is 6.42 Å². The van der Waals surface area contributed by atoms with Crippen LogP contribution in [0.1, 0.15) is 32.1 Å². The number of nitrogens with one attached hydrogen (secondary N) is 1. The average molecular weight is 309 g/mol. The van der Waals surface area contributed by atoms with Crippen molar-refractivity contribution < 1.29 is 24.8 Å². The van der Waals surface area contributed by atoms with E-state index in [0.717, 1.165) is 16.5 Å². The van der Waals surface area contributed by atoms with E-state index >= 15 is 0 Å². The number of H-pyrrole nitrogens is 1. The molecular weight excluding hydrogens is 296 g/mol. The number of aromatic carboxylic acids is 2. The van der Waals surface area contributed by atoms with Crippen molar-refractivity contribution in [3.05, 3.63) is 71.3 Å². The number of aromatic nitrogens is 2. The van der Waals surface area contributed by atoms with Crippen molar-refractivity contribution in [3.8, 4) is 0 Å². The van der Waals surface area contributed by atoms with Crippen molar-refractivity contribution in [2.45, 2.75) is 6.42 Å². The van der Waals surface area contributed by atoms with Gasteiger partial charge in [0, 0.05) is 17.6 Å². The summed E-state index contributed by atoms with van der Waals surface area (Å²) in [5, 5.41) is 20.3. The van der Waals surface area contributed by atoms with E-state index in [4.69, 9.17) is 10.2 Å². The van der Waals surface area contributed by atoms with Gasteiger partial charge in [-0.1, -0.05) is 18.2 Å². The highest BCUT2D eigenvalue weighted by atomic mass is 16.4. The molecule has 0 saturated heterocycles. The van der Waals surface area contributed by atoms with E-state index < -0.39 is 17.6 Å². The molecule has 0 fully saturated rings. The Labute approximate surface area is 131 Å². The molecule has 0 amide bonds. The van der Waals surface area contributed by atoms with E-state index in [2.05, 4.69) is 9.97 Å². The van der Waals surface area contributed by atoms with Crippen molar-refractivity contribution in [2.75, 3.05) is 0 Å². The number of nitrogens with zero attached hydrogens (tertiary/aromatic N) is 1. The number of carboxylic acids is 2. The Morgan fingerprint density at radius 1 is 1.09 bits per heavy atom. The molecule has 0 unspecified atom stereocenters. The lowest BCUT2D eigenvalue weighted by atomic mass is 10.0. The van der Waals surface area contributed by atoms with Crippen LogP contribution < -0.4 is 4.98 Å². The van der Waals surface area contributed by atoms with Gasteiger partial charge in [0.1, 0.15) is 0 Å². The highest BCUT2D eigenvalue weighted by Crippen LogP contribution is 2.18. The molecule has 3 aromatic rings. The molecule has 0 aliphatic carbocycles. The lowest BCUT2D eigenvalue weighted by Gasteiger charge is -2.05. The number of pyridine rings is 2. The maximum atomic E-state index is 11.2. The van der Waals surface area contributed by atoms with Gasteiger partial charge < -0.3 is 10.2 Å². The normalized spacial score (nSPS) is 10.6. The predicted octanol–water partition coefficient (Wildman–Crippen LogP) is 2.04. The molecule has 6 heteroatoms. The topological polar surface area (TPSA) is 102 Å². The summed E-state index contributed by atoms with van der Waals surface area (Å²) in [7, 11) is 0. The number of rotatable bonds is 4. The Balaban J connectivity index is 2.04. The van der Waals surface area contributed by atoms with Gasteiger partial charge in [-0.05, 0) is 23.1 Å². The Bertz CT molecular complexity index is 916. The van der Waals surface area contributed by atoms with Gasteiger partial charge in [0.2, 0.25) is 0 Å². The van der Waals surface area contributed by atoms with Crippen LogP contribution in [0.2, 0.25) is 0 Å². The Hall–Kier alpha value is -3.28. The molecule has 0 aliphatic heterocycles. The van der Waals surface area contributed by atoms with Gasteiger partial charge in [-0.3, -0.25) is 0 Å². The Kier molecular flexibility index (Phi) is 3.72. The van der Waals surface area contributed by atoms with E-state index in [-0.39, 0.29) is 5.56 Å². The summed E-state index contributed by atoms with van der Waals surface area (Å²) in [6.07, 6.45) is 3.63. The van der Waals surface area contributed by atoms with Gasteiger partial charge in [0.05, 0.1) is 12.0 Å². The summed E-state index contributed by atoms with van der Waals surface area (Å²) in [6, 6.07) is 11.1. The molecule has 6 nitrogen and oxygen atoms in total. The van der Waals surface area contributed by atoms with Crippen molar-refractivity contribution >= 4 is 22.7 Å². The van der Waals surface area contributed by atoms with Gasteiger partial charge in [-0.2, -0.15) is 0 Å². The number of benzene rings is 1. The largest absolute Gasteiger partial charge is 0.478 e. The van der Waals surface area contributed by atoms with Gasteiger partial charge >= 0.3 is 11.9 Å². The number of hydrogen-bond acceptors (Lipinski definition) is 3. The van der Waals surface area contributed by atoms with Gasteiger partial charge in [0.25, 0.3) is 0 Å². The molecule has 3 N–H and O–H groups in total. The summed E-state index contributed by atoms with van der Waals surface area (Å²) >= 11 is 0. The lowest BCUT2D eigenvalue weighted by Crippen LogP contribution is -2.14. The molecular formula is C17H13N2O4+. The van der Waals surface area contributed by atoms with E-state index in [1.807, 2.05) is 36.5 Å². The van der Waals surface area contributed by atoms with E-state index in [0.29, 0.717) is 12.0 Å². The molecule has 0 saturated carbocycles. The second-order valence-corrected chi connectivity index (χ2v) is 5.07. The fourth-order valence-electron chi connectivity index (χ4n) is 2.52. The first-order valence-corrected chi connectivity index (χ1v) is 6.90. The zero-order valence-corrected chi connectivity index (χ0v) is 12.0. The smallest absolute Gasteiger partial charge is 0.355 e. The third kappa shape index (κ3) is 2.87. The van der Waals surface area contributed by atoms with Crippen LogP contribution in [0.5, 0.6) is 0 Å². The quantitative estimate of drug-likeness (QED) is 0.768. The second-order valence-electron chi connectivity index (χ2n) is 5.07. The predicted molar refractivity (Wildman–Crippen MR) is 81.5 cm³/mol. The Morgan fingerprint density at radius 3 is 2.61 bits per heavy atom. The van der Waals surface area contributed by atoms with Crippen molar-refractivity contribution in [1.29, 1.82) is 0 Å². The summed E-state index contributed by atoms with van der Waals surface area (Å²) in [4.78, 5) is 29.2. The second kappa shape index (κ2) is 5.84. The molecule has 0 bridgehead atoms. The maximum Gasteiger partial charge on any atom is 0.355 e. The van der Waals surface area contributed by atoms with Crippen molar-refractivity contribution in [1.82, 2.24) is 4.98 Å². The van der Waals surface area contributed by atoms with E-state index in [9.17, 15) is 9.59 Å². The highest BCUT2D eigenvalue weighted by Gasteiger charge is 2.19. The first kappa shape index (κ1) is 14.6. The van der Waals surface area contributed by atoms with Crippen LogP contribution in [0, 0.1) is 0 Å². The highest BCUT2D eigenvalue weighted by molar-refractivity contribution is 6.00. The SMILES string of the molecule is O=C(O)c1cc(Cc2[nH+]ccc3ccccc23)cnc1C(=O)O. The van der Waals surface area contributed by atoms with Gasteiger partial charge in [-0.15, -0.1) is 0 Å². The third-order valence-corrected chi connectivity index (χ3v) is 3.56. The number of fused-ring (bicyclic) bond motifs is 1. The standard InChI is InChI=1S/C17H12N2O4/c20-16(21)13-7-10(9-19-15(13)17(22)23)8-14-12-4-2-1-3-11(12)5-6-18-14/h1-7,9H,8H2,(H,20,21)(H,22,23)/p+1. The van der Waals surface area contributed by atoms with E-state index in [1.165, 1.54) is 12.3 Å². The molecule has 0 atom stereocenters. The van der Waals surface area contributed by atoms with Crippen LogP contribution >= 0.6 is 0 Å². The number of carboxylic acid groups (broad SMARTS) is 2. The van der Waals surface area contributed by atoms with Crippen LogP contribution in [0.4, 0.5) is 0 Å². The minimum Gasteiger partial charge on any atom is -0.478 e. The molecule has 0 aliphatic rings. The lowest BCUT2D eigenvalue weighted by molar-refractivity contribution is -0.387. The molecule has 0 radical (unpaired) electrons. The van der Waals surface area contributed by atoms with Gasteiger partial charge in [0.15, 0.2) is 17.6 Å². The summed E-state index contributed by atoms with van der Waals surface area (Å²) in [6.45, 7) is 0. The van der Waals surface area contributed by atoms with Crippen LogP contribution in [0.25, 0.3) is 10.8 Å². The molecule has 2 heterocycles. The summed E-state index contributed by atoms with van der Waals surface area (Å²) in [5.41, 5.74) is 0.766. The minimum atomic E-state index is -1.36. The molecule has 0 spiro atoms. The number of hydrogen-bond donors (Lipinski definition) is 2. The molecule has 23 heavy (non-hydrogen) atoms. The molecule has 3 rings (SSSR count). The van der Waals surface area contributed by atoms with Crippen molar-refractivity contribution in [2.24, 2.45) is 0 Å². The fourth-order valence-corrected chi connectivity index (χ4v) is 2.52. The molecule has 114 valence electrons. The Morgan fingerprint density at radius 2 is 1.87 bits per heavy atom. The van der Waals surface area contributed by atoms with E-state index in [1.54, 1.807) is 0 Å². The summed E-state index contributed by atoms with van der Waals surface area (Å²) in [5.74, 6) is -2.66. The monoisotopic (exact) mass is 309 g/mol. The zero-order valence-electron chi connectivity index (χ0n) is 12.0. The number of aromatic amines is 1. The average Bonchev–Trinajstić information content (AvgIpc) is 2.55. The van der Waals surface area contributed by atoms with Crippen LogP contribution in [0.15, 0.2) is 48.8 Å². The van der Waals surface area contributed by atoms with Crippen LogP contribution in [0.3, 0.4) is 0 Å². The third-order valence-electron chi connectivity index (χ3n) is 3.56. The van der Waals surface area contributed by atoms with Crippen molar-refractivity contribution in [3.63, 3.8) is 0 Å². The molecule has 1 aromatic carbocycles. The zero-order chi connectivity index (χ0) is 16.4.